The summed E-state index contributed by atoms with van der Waals surface area (Å²) >= 11 is 0. The van der Waals surface area contributed by atoms with Crippen LogP contribution in [0.25, 0.3) is 11.1 Å². The van der Waals surface area contributed by atoms with Crippen molar-refractivity contribution >= 4 is 0 Å². The van der Waals surface area contributed by atoms with Crippen LogP contribution in [0, 0.1) is 5.82 Å². The molecule has 0 atom stereocenters. The zero-order valence-electron chi connectivity index (χ0n) is 8.78. The van der Waals surface area contributed by atoms with Crippen molar-refractivity contribution in [1.29, 1.82) is 0 Å². The molecule has 0 fully saturated rings. The van der Waals surface area contributed by atoms with Crippen molar-refractivity contribution < 1.29 is 4.39 Å². The highest BCUT2D eigenvalue weighted by molar-refractivity contribution is 5.65. The van der Waals surface area contributed by atoms with Crippen molar-refractivity contribution in [2.75, 3.05) is 6.54 Å². The van der Waals surface area contributed by atoms with Crippen LogP contribution in [0.15, 0.2) is 30.5 Å². The molecule has 1 aliphatic heterocycles. The zero-order chi connectivity index (χ0) is 11.0. The summed E-state index contributed by atoms with van der Waals surface area (Å²) in [6.07, 6.45) is 1.82. The minimum Gasteiger partial charge on any atom is -0.309 e. The van der Waals surface area contributed by atoms with E-state index >= 15 is 0 Å². The summed E-state index contributed by atoms with van der Waals surface area (Å²) in [7, 11) is 0. The first-order valence-electron chi connectivity index (χ1n) is 5.36. The van der Waals surface area contributed by atoms with Crippen molar-refractivity contribution in [3.05, 3.63) is 42.0 Å². The molecule has 4 heteroatoms. The van der Waals surface area contributed by atoms with E-state index in [1.165, 1.54) is 6.07 Å². The molecule has 0 unspecified atom stereocenters. The number of halogens is 1. The summed E-state index contributed by atoms with van der Waals surface area (Å²) in [6.45, 7) is 2.62. The Morgan fingerprint density at radius 3 is 3.19 bits per heavy atom. The van der Waals surface area contributed by atoms with E-state index in [1.54, 1.807) is 12.1 Å². The van der Waals surface area contributed by atoms with Gasteiger partial charge in [0.05, 0.1) is 18.4 Å². The second kappa shape index (κ2) is 3.72. The minimum atomic E-state index is -0.207. The van der Waals surface area contributed by atoms with Gasteiger partial charge in [0.1, 0.15) is 5.82 Å². The summed E-state index contributed by atoms with van der Waals surface area (Å²) in [5.74, 6) is -0.207. The Kier molecular flexibility index (Phi) is 2.22. The zero-order valence-corrected chi connectivity index (χ0v) is 8.78. The van der Waals surface area contributed by atoms with Crippen LogP contribution in [0.1, 0.15) is 5.69 Å². The lowest BCUT2D eigenvalue weighted by Crippen LogP contribution is -2.28. The number of hydrogen-bond donors (Lipinski definition) is 1. The van der Waals surface area contributed by atoms with Gasteiger partial charge in [-0.1, -0.05) is 12.1 Å². The van der Waals surface area contributed by atoms with Gasteiger partial charge in [0.2, 0.25) is 0 Å². The lowest BCUT2D eigenvalue weighted by atomic mass is 10.1. The molecular formula is C12H12FN3. The molecule has 0 bridgehead atoms. The van der Waals surface area contributed by atoms with E-state index in [-0.39, 0.29) is 5.82 Å². The van der Waals surface area contributed by atoms with Crippen LogP contribution in [0.3, 0.4) is 0 Å². The molecule has 0 radical (unpaired) electrons. The molecule has 0 saturated heterocycles. The SMILES string of the molecule is Fc1cccc(-c2cnn3c2CNCC3)c1. The van der Waals surface area contributed by atoms with Gasteiger partial charge in [-0.3, -0.25) is 4.68 Å². The second-order valence-corrected chi connectivity index (χ2v) is 3.92. The van der Waals surface area contributed by atoms with Gasteiger partial charge < -0.3 is 5.32 Å². The van der Waals surface area contributed by atoms with E-state index in [0.717, 1.165) is 36.5 Å². The average Bonchev–Trinajstić information content (AvgIpc) is 2.72. The predicted octanol–water partition coefficient (Wildman–Crippen LogP) is 1.79. The normalized spacial score (nSPS) is 14.8. The van der Waals surface area contributed by atoms with Gasteiger partial charge in [-0.25, -0.2) is 4.39 Å². The van der Waals surface area contributed by atoms with E-state index in [1.807, 2.05) is 16.9 Å². The van der Waals surface area contributed by atoms with Gasteiger partial charge >= 0.3 is 0 Å². The molecule has 2 aromatic rings. The first kappa shape index (κ1) is 9.54. The highest BCUT2D eigenvalue weighted by Gasteiger charge is 2.15. The van der Waals surface area contributed by atoms with Gasteiger partial charge in [0, 0.05) is 18.7 Å². The molecule has 0 saturated carbocycles. The summed E-state index contributed by atoms with van der Waals surface area (Å²) < 4.78 is 15.1. The standard InChI is InChI=1S/C12H12FN3/c13-10-3-1-2-9(6-10)11-7-15-16-5-4-14-8-12(11)16/h1-3,6-7,14H,4-5,8H2. The van der Waals surface area contributed by atoms with Gasteiger partial charge in [0.25, 0.3) is 0 Å². The van der Waals surface area contributed by atoms with Crippen LogP contribution in [0.2, 0.25) is 0 Å². The van der Waals surface area contributed by atoms with E-state index < -0.39 is 0 Å². The summed E-state index contributed by atoms with van der Waals surface area (Å²) in [6, 6.07) is 6.64. The molecule has 1 aromatic heterocycles. The minimum absolute atomic E-state index is 0.207. The van der Waals surface area contributed by atoms with Crippen molar-refractivity contribution in [2.45, 2.75) is 13.1 Å². The van der Waals surface area contributed by atoms with Crippen molar-refractivity contribution in [3.63, 3.8) is 0 Å². The van der Waals surface area contributed by atoms with E-state index in [2.05, 4.69) is 10.4 Å². The molecule has 0 aliphatic carbocycles. The van der Waals surface area contributed by atoms with E-state index in [0.29, 0.717) is 0 Å². The van der Waals surface area contributed by atoms with E-state index in [4.69, 9.17) is 0 Å². The third-order valence-electron chi connectivity index (χ3n) is 2.88. The molecule has 0 amide bonds. The molecule has 1 aliphatic rings. The topological polar surface area (TPSA) is 29.9 Å². The third kappa shape index (κ3) is 1.51. The van der Waals surface area contributed by atoms with Crippen LogP contribution in [0.5, 0.6) is 0 Å². The highest BCUT2D eigenvalue weighted by Crippen LogP contribution is 2.25. The predicted molar refractivity (Wildman–Crippen MR) is 59.3 cm³/mol. The Balaban J connectivity index is 2.09. The number of fused-ring (bicyclic) bond motifs is 1. The highest BCUT2D eigenvalue weighted by atomic mass is 19.1. The Hall–Kier alpha value is -1.68. The third-order valence-corrected chi connectivity index (χ3v) is 2.88. The van der Waals surface area contributed by atoms with Crippen LogP contribution in [-0.4, -0.2) is 16.3 Å². The molecule has 2 heterocycles. The van der Waals surface area contributed by atoms with Crippen molar-refractivity contribution in [1.82, 2.24) is 15.1 Å². The average molecular weight is 217 g/mol. The maximum Gasteiger partial charge on any atom is 0.123 e. The van der Waals surface area contributed by atoms with Crippen LogP contribution >= 0.6 is 0 Å². The Bertz CT molecular complexity index is 519. The first-order valence-corrected chi connectivity index (χ1v) is 5.36. The lowest BCUT2D eigenvalue weighted by Gasteiger charge is -2.16. The molecule has 0 spiro atoms. The van der Waals surface area contributed by atoms with Crippen molar-refractivity contribution in [2.24, 2.45) is 0 Å². The largest absolute Gasteiger partial charge is 0.309 e. The molecular weight excluding hydrogens is 205 g/mol. The Labute approximate surface area is 92.9 Å². The molecule has 1 N–H and O–H groups in total. The molecule has 82 valence electrons. The number of rotatable bonds is 1. The monoisotopic (exact) mass is 217 g/mol. The van der Waals surface area contributed by atoms with Gasteiger partial charge in [-0.2, -0.15) is 5.10 Å². The lowest BCUT2D eigenvalue weighted by molar-refractivity contribution is 0.476. The molecule has 1 aromatic carbocycles. The van der Waals surface area contributed by atoms with Crippen LogP contribution in [0.4, 0.5) is 4.39 Å². The second-order valence-electron chi connectivity index (χ2n) is 3.92. The first-order chi connectivity index (χ1) is 7.84. The number of hydrogen-bond acceptors (Lipinski definition) is 2. The van der Waals surface area contributed by atoms with Crippen LogP contribution in [-0.2, 0) is 13.1 Å². The van der Waals surface area contributed by atoms with Gasteiger partial charge in [-0.15, -0.1) is 0 Å². The fourth-order valence-corrected chi connectivity index (χ4v) is 2.08. The van der Waals surface area contributed by atoms with Crippen LogP contribution < -0.4 is 5.32 Å². The number of nitrogens with one attached hydrogen (secondary N) is 1. The molecule has 3 nitrogen and oxygen atoms in total. The summed E-state index contributed by atoms with van der Waals surface area (Å²) in [4.78, 5) is 0. The summed E-state index contributed by atoms with van der Waals surface area (Å²) in [5.41, 5.74) is 3.05. The van der Waals surface area contributed by atoms with Crippen molar-refractivity contribution in [3.8, 4) is 11.1 Å². The van der Waals surface area contributed by atoms with Gasteiger partial charge in [-0.05, 0) is 17.7 Å². The number of benzene rings is 1. The summed E-state index contributed by atoms with van der Waals surface area (Å²) in [5, 5.41) is 7.61. The number of nitrogens with zero attached hydrogens (tertiary/aromatic N) is 2. The fraction of sp³-hybridized carbons (Fsp3) is 0.250. The Morgan fingerprint density at radius 1 is 1.38 bits per heavy atom. The number of aromatic nitrogens is 2. The van der Waals surface area contributed by atoms with E-state index in [9.17, 15) is 4.39 Å². The smallest absolute Gasteiger partial charge is 0.123 e. The van der Waals surface area contributed by atoms with Gasteiger partial charge in [0.15, 0.2) is 0 Å². The fourth-order valence-electron chi connectivity index (χ4n) is 2.08. The quantitative estimate of drug-likeness (QED) is 0.789. The molecule has 16 heavy (non-hydrogen) atoms. The maximum absolute atomic E-state index is 13.1. The molecule has 3 rings (SSSR count). The maximum atomic E-state index is 13.1. The Morgan fingerprint density at radius 2 is 2.31 bits per heavy atom.